The van der Waals surface area contributed by atoms with Crippen LogP contribution in [0.1, 0.15) is 6.42 Å². The lowest BCUT2D eigenvalue weighted by Crippen LogP contribution is -2.59. The molecule has 0 saturated carbocycles. The molecular weight excluding hydrogens is 154 g/mol. The molecule has 2 aliphatic heterocycles. The zero-order valence-corrected chi connectivity index (χ0v) is 7.12. The van der Waals surface area contributed by atoms with Crippen molar-refractivity contribution in [3.05, 3.63) is 0 Å². The summed E-state index contributed by atoms with van der Waals surface area (Å²) in [6.07, 6.45) is 0.954. The van der Waals surface area contributed by atoms with Crippen molar-refractivity contribution in [1.29, 1.82) is 0 Å². The van der Waals surface area contributed by atoms with Crippen LogP contribution in [0.2, 0.25) is 0 Å². The van der Waals surface area contributed by atoms with Gasteiger partial charge in [-0.15, -0.1) is 0 Å². The topological polar surface area (TPSA) is 58.4 Å². The minimum absolute atomic E-state index is 0.0330. The van der Waals surface area contributed by atoms with Crippen LogP contribution < -0.4 is 11.1 Å². The van der Waals surface area contributed by atoms with Gasteiger partial charge in [-0.2, -0.15) is 0 Å². The Morgan fingerprint density at radius 2 is 2.33 bits per heavy atom. The van der Waals surface area contributed by atoms with Crippen LogP contribution >= 0.6 is 0 Å². The number of amides is 1. The molecule has 3 N–H and O–H groups in total. The lowest BCUT2D eigenvalue weighted by Gasteiger charge is -2.42. The maximum atomic E-state index is 10.8. The van der Waals surface area contributed by atoms with Crippen molar-refractivity contribution in [3.63, 3.8) is 0 Å². The molecule has 4 nitrogen and oxygen atoms in total. The number of hydrogen-bond donors (Lipinski definition) is 2. The third kappa shape index (κ3) is 1.32. The smallest absolute Gasteiger partial charge is 0.234 e. The number of hydrogen-bond acceptors (Lipinski definition) is 3. The summed E-state index contributed by atoms with van der Waals surface area (Å²) >= 11 is 0. The van der Waals surface area contributed by atoms with Gasteiger partial charge in [-0.25, -0.2) is 0 Å². The van der Waals surface area contributed by atoms with Gasteiger partial charge in [0.05, 0.1) is 6.04 Å². The van der Waals surface area contributed by atoms with E-state index in [1.807, 2.05) is 0 Å². The molecule has 0 radical (unpaired) electrons. The minimum Gasteiger partial charge on any atom is -0.368 e. The Morgan fingerprint density at radius 1 is 1.58 bits per heavy atom. The average molecular weight is 169 g/mol. The van der Waals surface area contributed by atoms with Gasteiger partial charge in [0.2, 0.25) is 5.91 Å². The molecule has 2 saturated heterocycles. The van der Waals surface area contributed by atoms with E-state index in [1.54, 1.807) is 0 Å². The summed E-state index contributed by atoms with van der Waals surface area (Å²) in [5.74, 6) is 0.584. The van der Waals surface area contributed by atoms with Crippen molar-refractivity contribution in [2.75, 3.05) is 26.2 Å². The largest absolute Gasteiger partial charge is 0.368 e. The standard InChI is InChI=1S/C8H15N3O/c9-8(12)7-1-2-11(7)5-6-3-10-4-6/h6-7,10H,1-5H2,(H2,9,12). The Balaban J connectivity index is 1.76. The second-order valence-corrected chi connectivity index (χ2v) is 3.73. The molecule has 2 heterocycles. The van der Waals surface area contributed by atoms with E-state index >= 15 is 0 Å². The molecule has 0 spiro atoms. The molecule has 1 atom stereocenters. The van der Waals surface area contributed by atoms with Crippen molar-refractivity contribution < 1.29 is 4.79 Å². The van der Waals surface area contributed by atoms with Crippen LogP contribution in [0.4, 0.5) is 0 Å². The van der Waals surface area contributed by atoms with E-state index in [4.69, 9.17) is 5.73 Å². The van der Waals surface area contributed by atoms with Gasteiger partial charge in [-0.3, -0.25) is 9.69 Å². The van der Waals surface area contributed by atoms with Gasteiger partial charge in [-0.1, -0.05) is 0 Å². The minimum atomic E-state index is -0.159. The molecule has 0 aromatic rings. The van der Waals surface area contributed by atoms with Gasteiger partial charge in [0.15, 0.2) is 0 Å². The van der Waals surface area contributed by atoms with E-state index in [1.165, 1.54) is 0 Å². The summed E-state index contributed by atoms with van der Waals surface area (Å²) < 4.78 is 0. The quantitative estimate of drug-likeness (QED) is 0.556. The first kappa shape index (κ1) is 8.01. The number of nitrogens with zero attached hydrogens (tertiary/aromatic N) is 1. The number of carbonyl (C=O) groups is 1. The number of nitrogens with two attached hydrogens (primary N) is 1. The van der Waals surface area contributed by atoms with Gasteiger partial charge < -0.3 is 11.1 Å². The molecular formula is C8H15N3O. The molecule has 12 heavy (non-hydrogen) atoms. The molecule has 0 aliphatic carbocycles. The molecule has 1 unspecified atom stereocenters. The SMILES string of the molecule is NC(=O)C1CCN1CC1CNC1. The van der Waals surface area contributed by atoms with Crippen LogP contribution in [-0.4, -0.2) is 43.0 Å². The molecule has 0 aromatic heterocycles. The number of primary amides is 1. The summed E-state index contributed by atoms with van der Waals surface area (Å²) in [4.78, 5) is 13.0. The fourth-order valence-corrected chi connectivity index (χ4v) is 1.79. The highest BCUT2D eigenvalue weighted by molar-refractivity contribution is 5.80. The van der Waals surface area contributed by atoms with E-state index < -0.39 is 0 Å². The number of likely N-dealkylation sites (tertiary alicyclic amines) is 1. The zero-order valence-electron chi connectivity index (χ0n) is 7.12. The highest BCUT2D eigenvalue weighted by Gasteiger charge is 2.34. The predicted molar refractivity (Wildman–Crippen MR) is 45.5 cm³/mol. The Morgan fingerprint density at radius 3 is 2.67 bits per heavy atom. The average Bonchev–Trinajstić information content (AvgIpc) is 1.79. The second-order valence-electron chi connectivity index (χ2n) is 3.73. The molecule has 2 rings (SSSR count). The fourth-order valence-electron chi connectivity index (χ4n) is 1.79. The van der Waals surface area contributed by atoms with Gasteiger partial charge in [-0.05, 0) is 12.3 Å². The van der Waals surface area contributed by atoms with E-state index in [0.717, 1.165) is 38.5 Å². The summed E-state index contributed by atoms with van der Waals surface area (Å²) in [5.41, 5.74) is 5.23. The van der Waals surface area contributed by atoms with Gasteiger partial charge in [0.25, 0.3) is 0 Å². The Kier molecular flexibility index (Phi) is 2.02. The first-order valence-corrected chi connectivity index (χ1v) is 4.51. The number of nitrogens with one attached hydrogen (secondary N) is 1. The van der Waals surface area contributed by atoms with Crippen molar-refractivity contribution in [1.82, 2.24) is 10.2 Å². The first-order chi connectivity index (χ1) is 5.77. The third-order valence-corrected chi connectivity index (χ3v) is 2.82. The Hall–Kier alpha value is -0.610. The monoisotopic (exact) mass is 169 g/mol. The summed E-state index contributed by atoms with van der Waals surface area (Å²) in [7, 11) is 0. The van der Waals surface area contributed by atoms with Crippen molar-refractivity contribution in [2.45, 2.75) is 12.5 Å². The molecule has 68 valence electrons. The Labute approximate surface area is 72.1 Å². The molecule has 1 amide bonds. The molecule has 4 heteroatoms. The Bertz CT molecular complexity index is 191. The van der Waals surface area contributed by atoms with Crippen LogP contribution in [0.5, 0.6) is 0 Å². The maximum Gasteiger partial charge on any atom is 0.234 e. The highest BCUT2D eigenvalue weighted by atomic mass is 16.1. The fraction of sp³-hybridized carbons (Fsp3) is 0.875. The van der Waals surface area contributed by atoms with E-state index in [0.29, 0.717) is 0 Å². The molecule has 0 bridgehead atoms. The number of carbonyl (C=O) groups excluding carboxylic acids is 1. The van der Waals surface area contributed by atoms with Crippen molar-refractivity contribution >= 4 is 5.91 Å². The maximum absolute atomic E-state index is 10.8. The van der Waals surface area contributed by atoms with Crippen LogP contribution in [0.25, 0.3) is 0 Å². The molecule has 0 aromatic carbocycles. The normalized spacial score (nSPS) is 30.8. The van der Waals surface area contributed by atoms with E-state index in [9.17, 15) is 4.79 Å². The van der Waals surface area contributed by atoms with Crippen LogP contribution in [0, 0.1) is 5.92 Å². The second kappa shape index (κ2) is 3.03. The summed E-state index contributed by atoms with van der Waals surface area (Å²) in [5, 5.41) is 3.22. The van der Waals surface area contributed by atoms with Crippen LogP contribution in [0.3, 0.4) is 0 Å². The molecule has 2 aliphatic rings. The third-order valence-electron chi connectivity index (χ3n) is 2.82. The van der Waals surface area contributed by atoms with Gasteiger partial charge in [0.1, 0.15) is 0 Å². The first-order valence-electron chi connectivity index (χ1n) is 4.51. The molecule has 2 fully saturated rings. The van der Waals surface area contributed by atoms with E-state index in [2.05, 4.69) is 10.2 Å². The summed E-state index contributed by atoms with van der Waals surface area (Å²) in [6, 6.07) is 0.0330. The van der Waals surface area contributed by atoms with Crippen LogP contribution in [0.15, 0.2) is 0 Å². The predicted octanol–water partition coefficient (Wildman–Crippen LogP) is -1.23. The van der Waals surface area contributed by atoms with Crippen molar-refractivity contribution in [3.8, 4) is 0 Å². The summed E-state index contributed by atoms with van der Waals surface area (Å²) in [6.45, 7) is 4.29. The van der Waals surface area contributed by atoms with Gasteiger partial charge >= 0.3 is 0 Å². The van der Waals surface area contributed by atoms with Gasteiger partial charge in [0, 0.05) is 26.2 Å². The lowest BCUT2D eigenvalue weighted by atomic mass is 9.96. The van der Waals surface area contributed by atoms with Crippen molar-refractivity contribution in [2.24, 2.45) is 11.7 Å². The number of rotatable bonds is 3. The van der Waals surface area contributed by atoms with E-state index in [-0.39, 0.29) is 11.9 Å². The van der Waals surface area contributed by atoms with Crippen LogP contribution in [-0.2, 0) is 4.79 Å². The lowest BCUT2D eigenvalue weighted by molar-refractivity contribution is -0.128. The zero-order chi connectivity index (χ0) is 8.55. The highest BCUT2D eigenvalue weighted by Crippen LogP contribution is 2.19.